The zero-order chi connectivity index (χ0) is 11.0. The Bertz CT molecular complexity index is 156. The first kappa shape index (κ1) is 13.2. The van der Waals surface area contributed by atoms with E-state index in [-0.39, 0.29) is 6.61 Å². The van der Waals surface area contributed by atoms with Crippen molar-refractivity contribution < 1.29 is 13.9 Å². The van der Waals surface area contributed by atoms with E-state index in [0.717, 1.165) is 12.8 Å². The highest BCUT2D eigenvalue weighted by molar-refractivity contribution is 5.67. The summed E-state index contributed by atoms with van der Waals surface area (Å²) in [4.78, 5) is 13.0. The Morgan fingerprint density at radius 1 is 1.36 bits per heavy atom. The maximum absolute atomic E-state index is 12.4. The number of amides is 1. The third-order valence-electron chi connectivity index (χ3n) is 1.68. The van der Waals surface area contributed by atoms with Gasteiger partial charge in [-0.05, 0) is 19.8 Å². The van der Waals surface area contributed by atoms with Crippen LogP contribution in [0.15, 0.2) is 0 Å². The van der Waals surface area contributed by atoms with Crippen molar-refractivity contribution in [3.63, 3.8) is 0 Å². The lowest BCUT2D eigenvalue weighted by atomic mass is 10.4. The summed E-state index contributed by atoms with van der Waals surface area (Å²) in [5.41, 5.74) is 0. The smallest absolute Gasteiger partial charge is 0.409 e. The molecular formula is C10H20FNO2. The molecule has 0 aliphatic rings. The van der Waals surface area contributed by atoms with Gasteiger partial charge in [0.05, 0.1) is 0 Å². The average Bonchev–Trinajstić information content (AvgIpc) is 2.14. The van der Waals surface area contributed by atoms with Crippen molar-refractivity contribution in [2.45, 2.75) is 39.8 Å². The first-order valence-corrected chi connectivity index (χ1v) is 5.17. The third-order valence-corrected chi connectivity index (χ3v) is 1.68. The molecule has 14 heavy (non-hydrogen) atoms. The molecule has 0 aliphatic heterocycles. The number of rotatable bonds is 6. The number of nitrogens with zero attached hydrogens (tertiary/aromatic N) is 1. The predicted molar refractivity (Wildman–Crippen MR) is 54.1 cm³/mol. The monoisotopic (exact) mass is 205 g/mol. The van der Waals surface area contributed by atoms with E-state index in [1.54, 1.807) is 4.90 Å². The number of hydrogen-bond donors (Lipinski definition) is 0. The van der Waals surface area contributed by atoms with Crippen LogP contribution in [0.3, 0.4) is 0 Å². The van der Waals surface area contributed by atoms with Gasteiger partial charge < -0.3 is 9.64 Å². The van der Waals surface area contributed by atoms with Crippen LogP contribution in [0.2, 0.25) is 0 Å². The average molecular weight is 205 g/mol. The summed E-state index contributed by atoms with van der Waals surface area (Å²) in [6.45, 7) is 6.56. The van der Waals surface area contributed by atoms with Crippen molar-refractivity contribution in [3.05, 3.63) is 0 Å². The first-order valence-electron chi connectivity index (χ1n) is 5.17. The molecule has 0 aromatic carbocycles. The normalized spacial score (nSPS) is 12.3. The molecular weight excluding hydrogens is 185 g/mol. The first-order chi connectivity index (χ1) is 6.61. The fraction of sp³-hybridized carbons (Fsp3) is 0.900. The SMILES string of the molecule is CCCN(CCC)C(=O)OC[C@H](C)F. The maximum Gasteiger partial charge on any atom is 0.409 e. The van der Waals surface area contributed by atoms with Gasteiger partial charge in [-0.1, -0.05) is 13.8 Å². The van der Waals surface area contributed by atoms with Gasteiger partial charge in [0.15, 0.2) is 0 Å². The van der Waals surface area contributed by atoms with Gasteiger partial charge in [0.1, 0.15) is 12.8 Å². The van der Waals surface area contributed by atoms with Crippen LogP contribution in [-0.4, -0.2) is 36.9 Å². The highest BCUT2D eigenvalue weighted by Gasteiger charge is 2.13. The summed E-state index contributed by atoms with van der Waals surface area (Å²) in [6, 6.07) is 0. The van der Waals surface area contributed by atoms with Gasteiger partial charge in [-0.3, -0.25) is 0 Å². The molecule has 0 N–H and O–H groups in total. The number of alkyl halides is 1. The van der Waals surface area contributed by atoms with Crippen LogP contribution in [-0.2, 0) is 4.74 Å². The predicted octanol–water partition coefficient (Wildman–Crippen LogP) is 2.60. The third kappa shape index (κ3) is 5.78. The molecule has 3 nitrogen and oxygen atoms in total. The topological polar surface area (TPSA) is 29.5 Å². The minimum atomic E-state index is -1.09. The minimum Gasteiger partial charge on any atom is -0.446 e. The summed E-state index contributed by atoms with van der Waals surface area (Å²) in [5.74, 6) is 0. The van der Waals surface area contributed by atoms with E-state index in [2.05, 4.69) is 0 Å². The zero-order valence-electron chi connectivity index (χ0n) is 9.25. The molecule has 1 atom stereocenters. The lowest BCUT2D eigenvalue weighted by Gasteiger charge is -2.20. The molecule has 0 aromatic rings. The van der Waals surface area contributed by atoms with Gasteiger partial charge in [-0.25, -0.2) is 9.18 Å². The number of carbonyl (C=O) groups is 1. The Hall–Kier alpha value is -0.800. The fourth-order valence-electron chi connectivity index (χ4n) is 1.11. The van der Waals surface area contributed by atoms with Crippen molar-refractivity contribution >= 4 is 6.09 Å². The molecule has 0 unspecified atom stereocenters. The molecule has 84 valence electrons. The van der Waals surface area contributed by atoms with E-state index in [4.69, 9.17) is 4.74 Å². The Labute approximate surface area is 85.2 Å². The van der Waals surface area contributed by atoms with Gasteiger partial charge in [-0.15, -0.1) is 0 Å². The molecule has 0 heterocycles. The molecule has 0 rings (SSSR count). The lowest BCUT2D eigenvalue weighted by molar-refractivity contribution is 0.0813. The van der Waals surface area contributed by atoms with Crippen LogP contribution < -0.4 is 0 Å². The van der Waals surface area contributed by atoms with Crippen molar-refractivity contribution in [2.75, 3.05) is 19.7 Å². The van der Waals surface area contributed by atoms with Gasteiger partial charge >= 0.3 is 6.09 Å². The van der Waals surface area contributed by atoms with Crippen molar-refractivity contribution in [1.82, 2.24) is 4.90 Å². The van der Waals surface area contributed by atoms with Gasteiger partial charge in [0.2, 0.25) is 0 Å². The Morgan fingerprint density at radius 3 is 2.21 bits per heavy atom. The quantitative estimate of drug-likeness (QED) is 0.667. The molecule has 0 fully saturated rings. The summed E-state index contributed by atoms with van der Waals surface area (Å²) in [6.07, 6.45) is 0.280. The molecule has 1 amide bonds. The summed E-state index contributed by atoms with van der Waals surface area (Å²) in [7, 11) is 0. The number of halogens is 1. The lowest BCUT2D eigenvalue weighted by Crippen LogP contribution is -2.34. The standard InChI is InChI=1S/C10H20FNO2/c1-4-6-12(7-5-2)10(13)14-8-9(3)11/h9H,4-8H2,1-3H3/t9-/m0/s1. The molecule has 0 spiro atoms. The van der Waals surface area contributed by atoms with Crippen LogP contribution in [0, 0.1) is 0 Å². The number of ether oxygens (including phenoxy) is 1. The molecule has 0 aromatic heterocycles. The van der Waals surface area contributed by atoms with Crippen LogP contribution in [0.25, 0.3) is 0 Å². The Balaban J connectivity index is 3.88. The summed E-state index contributed by atoms with van der Waals surface area (Å²) in [5, 5.41) is 0. The molecule has 0 saturated carbocycles. The second-order valence-electron chi connectivity index (χ2n) is 3.34. The molecule has 0 saturated heterocycles. The van der Waals surface area contributed by atoms with Crippen LogP contribution >= 0.6 is 0 Å². The molecule has 4 heteroatoms. The van der Waals surface area contributed by atoms with E-state index < -0.39 is 12.3 Å². The second kappa shape index (κ2) is 7.59. The van der Waals surface area contributed by atoms with Gasteiger partial charge in [-0.2, -0.15) is 0 Å². The Morgan fingerprint density at radius 2 is 1.86 bits per heavy atom. The van der Waals surface area contributed by atoms with E-state index in [1.165, 1.54) is 6.92 Å². The number of hydrogen-bond acceptors (Lipinski definition) is 2. The number of carbonyl (C=O) groups excluding carboxylic acids is 1. The van der Waals surface area contributed by atoms with Gasteiger partial charge in [0.25, 0.3) is 0 Å². The maximum atomic E-state index is 12.4. The van der Waals surface area contributed by atoms with Crippen LogP contribution in [0.4, 0.5) is 9.18 Å². The summed E-state index contributed by atoms with van der Waals surface area (Å²) >= 11 is 0. The van der Waals surface area contributed by atoms with Crippen molar-refractivity contribution in [1.29, 1.82) is 0 Å². The second-order valence-corrected chi connectivity index (χ2v) is 3.34. The molecule has 0 aliphatic carbocycles. The zero-order valence-corrected chi connectivity index (χ0v) is 9.25. The van der Waals surface area contributed by atoms with Crippen molar-refractivity contribution in [2.24, 2.45) is 0 Å². The Kier molecular flexibility index (Phi) is 7.16. The van der Waals surface area contributed by atoms with Crippen molar-refractivity contribution in [3.8, 4) is 0 Å². The van der Waals surface area contributed by atoms with Crippen LogP contribution in [0.1, 0.15) is 33.6 Å². The van der Waals surface area contributed by atoms with E-state index in [0.29, 0.717) is 13.1 Å². The molecule has 0 bridgehead atoms. The molecule has 0 radical (unpaired) electrons. The van der Waals surface area contributed by atoms with E-state index in [1.807, 2.05) is 13.8 Å². The highest BCUT2D eigenvalue weighted by atomic mass is 19.1. The summed E-state index contributed by atoms with van der Waals surface area (Å²) < 4.78 is 17.2. The van der Waals surface area contributed by atoms with Gasteiger partial charge in [0, 0.05) is 13.1 Å². The van der Waals surface area contributed by atoms with E-state index >= 15 is 0 Å². The van der Waals surface area contributed by atoms with E-state index in [9.17, 15) is 9.18 Å². The minimum absolute atomic E-state index is 0.150. The fourth-order valence-corrected chi connectivity index (χ4v) is 1.11. The highest BCUT2D eigenvalue weighted by Crippen LogP contribution is 2.00. The van der Waals surface area contributed by atoms with Crippen LogP contribution in [0.5, 0.6) is 0 Å². The largest absolute Gasteiger partial charge is 0.446 e.